The maximum atomic E-state index is 12.4. The highest BCUT2D eigenvalue weighted by Crippen LogP contribution is 2.31. The normalized spacial score (nSPS) is 24.1. The summed E-state index contributed by atoms with van der Waals surface area (Å²) in [6.45, 7) is 2.93. The number of likely N-dealkylation sites (tertiary alicyclic amines) is 1. The number of piperidine rings is 1. The van der Waals surface area contributed by atoms with Crippen molar-refractivity contribution in [1.82, 2.24) is 10.2 Å². The van der Waals surface area contributed by atoms with Crippen molar-refractivity contribution >= 4 is 5.91 Å². The van der Waals surface area contributed by atoms with E-state index in [9.17, 15) is 13.6 Å². The van der Waals surface area contributed by atoms with E-state index in [2.05, 4.69) is 5.32 Å². The van der Waals surface area contributed by atoms with Crippen molar-refractivity contribution in [3.63, 3.8) is 0 Å². The van der Waals surface area contributed by atoms with Crippen LogP contribution in [0.4, 0.5) is 8.78 Å². The Balaban J connectivity index is 1.72. The number of amides is 1. The molecular formula is C12H20F2N2O. The summed E-state index contributed by atoms with van der Waals surface area (Å²) >= 11 is 0. The Morgan fingerprint density at radius 3 is 2.29 bits per heavy atom. The summed E-state index contributed by atoms with van der Waals surface area (Å²) in [5, 5.41) is 2.93. The van der Waals surface area contributed by atoms with Gasteiger partial charge in [0.05, 0.1) is 6.04 Å². The summed E-state index contributed by atoms with van der Waals surface area (Å²) in [7, 11) is 0. The maximum absolute atomic E-state index is 12.4. The number of nitrogens with one attached hydrogen (secondary N) is 1. The second-order valence-electron chi connectivity index (χ2n) is 5.16. The minimum atomic E-state index is -2.32. The van der Waals surface area contributed by atoms with E-state index in [0.29, 0.717) is 13.1 Å². The molecule has 1 heterocycles. The van der Waals surface area contributed by atoms with Gasteiger partial charge in [0.15, 0.2) is 0 Å². The van der Waals surface area contributed by atoms with Gasteiger partial charge in [-0.05, 0) is 32.6 Å². The fraction of sp³-hybridized carbons (Fsp3) is 0.917. The van der Waals surface area contributed by atoms with E-state index in [4.69, 9.17) is 0 Å². The SMILES string of the molecule is CC(NC1CCN(C(=O)C2CC2)CC1)C(F)F. The Kier molecular flexibility index (Phi) is 3.97. The first-order valence-electron chi connectivity index (χ1n) is 6.41. The number of hydrogen-bond acceptors (Lipinski definition) is 2. The molecule has 0 bridgehead atoms. The summed E-state index contributed by atoms with van der Waals surface area (Å²) in [5.41, 5.74) is 0. The van der Waals surface area contributed by atoms with Gasteiger partial charge in [0.25, 0.3) is 6.43 Å². The van der Waals surface area contributed by atoms with Crippen molar-refractivity contribution in [2.45, 2.75) is 51.1 Å². The molecule has 5 heteroatoms. The number of rotatable bonds is 4. The number of halogens is 2. The molecule has 0 aromatic rings. The van der Waals surface area contributed by atoms with Gasteiger partial charge in [-0.25, -0.2) is 8.78 Å². The number of hydrogen-bond donors (Lipinski definition) is 1. The minimum Gasteiger partial charge on any atom is -0.342 e. The van der Waals surface area contributed by atoms with Crippen LogP contribution < -0.4 is 5.32 Å². The second kappa shape index (κ2) is 5.29. The molecule has 1 saturated heterocycles. The summed E-state index contributed by atoms with van der Waals surface area (Å²) in [5.74, 6) is 0.532. The third-order valence-corrected chi connectivity index (χ3v) is 3.61. The van der Waals surface area contributed by atoms with Crippen LogP contribution in [0.15, 0.2) is 0 Å². The van der Waals surface area contributed by atoms with E-state index in [0.717, 1.165) is 25.7 Å². The molecule has 0 aromatic carbocycles. The predicted molar refractivity (Wildman–Crippen MR) is 60.9 cm³/mol. The van der Waals surface area contributed by atoms with Crippen molar-refractivity contribution in [2.75, 3.05) is 13.1 Å². The molecular weight excluding hydrogens is 226 g/mol. The average Bonchev–Trinajstić information content (AvgIpc) is 3.13. The molecule has 1 amide bonds. The molecule has 0 radical (unpaired) electrons. The van der Waals surface area contributed by atoms with Crippen LogP contribution in [0.3, 0.4) is 0 Å². The largest absolute Gasteiger partial charge is 0.342 e. The summed E-state index contributed by atoms with van der Waals surface area (Å²) in [6.07, 6.45) is 1.31. The minimum absolute atomic E-state index is 0.127. The third-order valence-electron chi connectivity index (χ3n) is 3.61. The zero-order valence-electron chi connectivity index (χ0n) is 10.2. The molecule has 0 spiro atoms. The van der Waals surface area contributed by atoms with E-state index in [-0.39, 0.29) is 17.9 Å². The number of alkyl halides is 2. The van der Waals surface area contributed by atoms with Gasteiger partial charge in [-0.15, -0.1) is 0 Å². The monoisotopic (exact) mass is 246 g/mol. The van der Waals surface area contributed by atoms with Crippen LogP contribution in [-0.2, 0) is 4.79 Å². The molecule has 1 N–H and O–H groups in total. The smallest absolute Gasteiger partial charge is 0.253 e. The van der Waals surface area contributed by atoms with Crippen LogP contribution in [0, 0.1) is 5.92 Å². The molecule has 3 nitrogen and oxygen atoms in total. The van der Waals surface area contributed by atoms with Crippen LogP contribution >= 0.6 is 0 Å². The van der Waals surface area contributed by atoms with Crippen LogP contribution in [0.1, 0.15) is 32.6 Å². The van der Waals surface area contributed by atoms with Gasteiger partial charge in [-0.1, -0.05) is 0 Å². The Labute approximate surface area is 101 Å². The first kappa shape index (κ1) is 12.7. The van der Waals surface area contributed by atoms with Gasteiger partial charge in [-0.3, -0.25) is 4.79 Å². The van der Waals surface area contributed by atoms with Gasteiger partial charge >= 0.3 is 0 Å². The average molecular weight is 246 g/mol. The predicted octanol–water partition coefficient (Wildman–Crippen LogP) is 1.63. The first-order valence-corrected chi connectivity index (χ1v) is 6.41. The molecule has 1 unspecified atom stereocenters. The summed E-state index contributed by atoms with van der Waals surface area (Å²) in [6, 6.07) is -0.632. The van der Waals surface area contributed by atoms with Crippen LogP contribution in [0.25, 0.3) is 0 Å². The van der Waals surface area contributed by atoms with Crippen molar-refractivity contribution in [2.24, 2.45) is 5.92 Å². The molecule has 17 heavy (non-hydrogen) atoms. The molecule has 2 aliphatic rings. The number of nitrogens with zero attached hydrogens (tertiary/aromatic N) is 1. The van der Waals surface area contributed by atoms with Crippen LogP contribution in [0.5, 0.6) is 0 Å². The van der Waals surface area contributed by atoms with Crippen molar-refractivity contribution in [3.8, 4) is 0 Å². The van der Waals surface area contributed by atoms with E-state index in [1.165, 1.54) is 6.92 Å². The van der Waals surface area contributed by atoms with Crippen molar-refractivity contribution in [1.29, 1.82) is 0 Å². The van der Waals surface area contributed by atoms with Crippen LogP contribution in [-0.4, -0.2) is 42.4 Å². The Morgan fingerprint density at radius 1 is 1.24 bits per heavy atom. The lowest BCUT2D eigenvalue weighted by atomic mass is 10.0. The fourth-order valence-electron chi connectivity index (χ4n) is 2.30. The first-order chi connectivity index (χ1) is 8.08. The Hall–Kier alpha value is -0.710. The van der Waals surface area contributed by atoms with Gasteiger partial charge in [0, 0.05) is 25.0 Å². The molecule has 2 fully saturated rings. The molecule has 0 aromatic heterocycles. The second-order valence-corrected chi connectivity index (χ2v) is 5.16. The lowest BCUT2D eigenvalue weighted by molar-refractivity contribution is -0.133. The van der Waals surface area contributed by atoms with Gasteiger partial charge in [0.1, 0.15) is 0 Å². The van der Waals surface area contributed by atoms with E-state index >= 15 is 0 Å². The van der Waals surface area contributed by atoms with E-state index in [1.807, 2.05) is 4.90 Å². The molecule has 2 rings (SSSR count). The molecule has 98 valence electrons. The zero-order chi connectivity index (χ0) is 12.4. The van der Waals surface area contributed by atoms with Crippen molar-refractivity contribution < 1.29 is 13.6 Å². The number of carbonyl (C=O) groups excluding carboxylic acids is 1. The fourth-order valence-corrected chi connectivity index (χ4v) is 2.30. The van der Waals surface area contributed by atoms with E-state index in [1.54, 1.807) is 0 Å². The van der Waals surface area contributed by atoms with E-state index < -0.39 is 12.5 Å². The van der Waals surface area contributed by atoms with Crippen LogP contribution in [0.2, 0.25) is 0 Å². The third kappa shape index (κ3) is 3.37. The summed E-state index contributed by atoms with van der Waals surface area (Å²) < 4.78 is 24.8. The lowest BCUT2D eigenvalue weighted by Crippen LogP contribution is -2.49. The Bertz CT molecular complexity index is 274. The molecule has 1 aliphatic carbocycles. The standard InChI is InChI=1S/C12H20F2N2O/c1-8(11(13)14)15-10-4-6-16(7-5-10)12(17)9-2-3-9/h8-11,15H,2-7H2,1H3. The number of carbonyl (C=O) groups is 1. The summed E-state index contributed by atoms with van der Waals surface area (Å²) in [4.78, 5) is 13.7. The van der Waals surface area contributed by atoms with Gasteiger partial charge < -0.3 is 10.2 Å². The van der Waals surface area contributed by atoms with Gasteiger partial charge in [0.2, 0.25) is 5.91 Å². The van der Waals surface area contributed by atoms with Crippen molar-refractivity contribution in [3.05, 3.63) is 0 Å². The highest BCUT2D eigenvalue weighted by atomic mass is 19.3. The maximum Gasteiger partial charge on any atom is 0.253 e. The highest BCUT2D eigenvalue weighted by Gasteiger charge is 2.35. The lowest BCUT2D eigenvalue weighted by Gasteiger charge is -2.34. The quantitative estimate of drug-likeness (QED) is 0.817. The highest BCUT2D eigenvalue weighted by molar-refractivity contribution is 5.81. The van der Waals surface area contributed by atoms with Gasteiger partial charge in [-0.2, -0.15) is 0 Å². The molecule has 1 atom stereocenters. The topological polar surface area (TPSA) is 32.3 Å². The molecule has 1 saturated carbocycles. The zero-order valence-corrected chi connectivity index (χ0v) is 10.2. The molecule has 1 aliphatic heterocycles. The Morgan fingerprint density at radius 2 is 1.82 bits per heavy atom.